The number of nitrogens with zero attached hydrogens (tertiary/aromatic N) is 1. The minimum atomic E-state index is -0.289. The van der Waals surface area contributed by atoms with E-state index in [0.29, 0.717) is 11.7 Å². The molecule has 0 aliphatic heterocycles. The number of fused-ring (bicyclic) bond motifs is 5. The molecule has 0 saturated carbocycles. The van der Waals surface area contributed by atoms with Gasteiger partial charge < -0.3 is 9.64 Å². The largest absolute Gasteiger partial charge is 0.426 e. The summed E-state index contributed by atoms with van der Waals surface area (Å²) in [7, 11) is 4.05. The van der Waals surface area contributed by atoms with Crippen molar-refractivity contribution in [2.45, 2.75) is 32.6 Å². The molecule has 138 valence electrons. The Balaban J connectivity index is 2.05. The van der Waals surface area contributed by atoms with Gasteiger partial charge in [-0.05, 0) is 52.3 Å². The third-order valence-corrected chi connectivity index (χ3v) is 5.45. The van der Waals surface area contributed by atoms with Crippen molar-refractivity contribution in [3.63, 3.8) is 0 Å². The summed E-state index contributed by atoms with van der Waals surface area (Å²) in [4.78, 5) is 13.8. The Bertz CT molecular complexity index is 1040. The van der Waals surface area contributed by atoms with Crippen LogP contribution in [0.2, 0.25) is 0 Å². The van der Waals surface area contributed by atoms with Gasteiger partial charge in [-0.15, -0.1) is 0 Å². The summed E-state index contributed by atoms with van der Waals surface area (Å²) in [6.45, 7) is 3.70. The van der Waals surface area contributed by atoms with Gasteiger partial charge in [0.2, 0.25) is 0 Å². The quantitative estimate of drug-likeness (QED) is 0.439. The molecule has 1 aliphatic carbocycles. The van der Waals surface area contributed by atoms with Crippen molar-refractivity contribution < 1.29 is 9.53 Å². The van der Waals surface area contributed by atoms with Crippen LogP contribution < -0.4 is 9.64 Å². The number of ether oxygens (including phenoxy) is 1. The molecule has 0 aromatic heterocycles. The van der Waals surface area contributed by atoms with Crippen molar-refractivity contribution >= 4 is 22.4 Å². The van der Waals surface area contributed by atoms with Crippen molar-refractivity contribution in [1.29, 1.82) is 0 Å². The zero-order valence-corrected chi connectivity index (χ0v) is 16.4. The molecule has 0 fully saturated rings. The third-order valence-electron chi connectivity index (χ3n) is 5.45. The zero-order valence-electron chi connectivity index (χ0n) is 16.4. The maximum Gasteiger partial charge on any atom is 0.308 e. The van der Waals surface area contributed by atoms with Gasteiger partial charge >= 0.3 is 5.97 Å². The lowest BCUT2D eigenvalue weighted by atomic mass is 9.88. The molecule has 3 heteroatoms. The summed E-state index contributed by atoms with van der Waals surface area (Å²) in [5.41, 5.74) is 6.31. The van der Waals surface area contributed by atoms with E-state index in [1.54, 1.807) is 0 Å². The smallest absolute Gasteiger partial charge is 0.308 e. The summed E-state index contributed by atoms with van der Waals surface area (Å²) in [6, 6.07) is 17.1. The predicted octanol–water partition coefficient (Wildman–Crippen LogP) is 5.74. The molecule has 3 aromatic carbocycles. The molecular weight excluding hydrogens is 334 g/mol. The molecule has 0 heterocycles. The van der Waals surface area contributed by atoms with Crippen LogP contribution in [0.3, 0.4) is 0 Å². The van der Waals surface area contributed by atoms with Crippen molar-refractivity contribution in [2.24, 2.45) is 0 Å². The van der Waals surface area contributed by atoms with E-state index in [0.717, 1.165) is 23.9 Å². The van der Waals surface area contributed by atoms with E-state index in [1.165, 1.54) is 34.6 Å². The summed E-state index contributed by atoms with van der Waals surface area (Å²) in [6.07, 6.45) is 2.24. The number of hydrogen-bond donors (Lipinski definition) is 0. The Morgan fingerprint density at radius 2 is 1.81 bits per heavy atom. The molecule has 1 unspecified atom stereocenters. The minimum Gasteiger partial charge on any atom is -0.426 e. The van der Waals surface area contributed by atoms with E-state index in [4.69, 9.17) is 4.74 Å². The summed E-state index contributed by atoms with van der Waals surface area (Å²) < 4.78 is 5.64. The molecule has 3 nitrogen and oxygen atoms in total. The van der Waals surface area contributed by atoms with Gasteiger partial charge in [0.25, 0.3) is 0 Å². The van der Waals surface area contributed by atoms with E-state index in [1.807, 2.05) is 14.1 Å². The van der Waals surface area contributed by atoms with E-state index in [9.17, 15) is 4.79 Å². The highest BCUT2D eigenvalue weighted by Crippen LogP contribution is 2.52. The van der Waals surface area contributed by atoms with Crippen LogP contribution in [-0.2, 0) is 4.79 Å². The van der Waals surface area contributed by atoms with Crippen molar-refractivity contribution in [2.75, 3.05) is 19.0 Å². The van der Waals surface area contributed by atoms with Gasteiger partial charge in [-0.2, -0.15) is 0 Å². The van der Waals surface area contributed by atoms with Crippen LogP contribution in [-0.4, -0.2) is 20.1 Å². The van der Waals surface area contributed by atoms with Gasteiger partial charge in [0.1, 0.15) is 5.75 Å². The topological polar surface area (TPSA) is 29.5 Å². The average Bonchev–Trinajstić information content (AvgIpc) is 2.95. The van der Waals surface area contributed by atoms with Gasteiger partial charge in [-0.25, -0.2) is 0 Å². The zero-order chi connectivity index (χ0) is 19.1. The van der Waals surface area contributed by atoms with Gasteiger partial charge in [0, 0.05) is 38.0 Å². The fourth-order valence-electron chi connectivity index (χ4n) is 4.31. The molecule has 4 rings (SSSR count). The SMILES string of the molecule is CCCC1c2ccccc2-c2cc(OC(C)=O)c3cc(N(C)C)ccc3c21. The summed E-state index contributed by atoms with van der Waals surface area (Å²) >= 11 is 0. The first-order valence-electron chi connectivity index (χ1n) is 9.57. The summed E-state index contributed by atoms with van der Waals surface area (Å²) in [5, 5.41) is 2.19. The van der Waals surface area contributed by atoms with Crippen LogP contribution in [0.15, 0.2) is 48.5 Å². The fraction of sp³-hybridized carbons (Fsp3) is 0.292. The van der Waals surface area contributed by atoms with Crippen LogP contribution in [0.4, 0.5) is 5.69 Å². The lowest BCUT2D eigenvalue weighted by Crippen LogP contribution is -2.09. The molecule has 1 aliphatic rings. The third kappa shape index (κ3) is 2.87. The normalized spacial score (nSPS) is 14.7. The van der Waals surface area contributed by atoms with Crippen LogP contribution in [0.5, 0.6) is 5.75 Å². The number of rotatable bonds is 4. The molecule has 0 radical (unpaired) electrons. The molecule has 27 heavy (non-hydrogen) atoms. The van der Waals surface area contributed by atoms with E-state index >= 15 is 0 Å². The Morgan fingerprint density at radius 1 is 1.04 bits per heavy atom. The van der Waals surface area contributed by atoms with E-state index in [2.05, 4.69) is 60.4 Å². The van der Waals surface area contributed by atoms with Gasteiger partial charge in [-0.3, -0.25) is 4.79 Å². The molecule has 0 saturated heterocycles. The van der Waals surface area contributed by atoms with Crippen LogP contribution in [0, 0.1) is 0 Å². The Labute approximate surface area is 160 Å². The van der Waals surface area contributed by atoms with E-state index < -0.39 is 0 Å². The number of hydrogen-bond acceptors (Lipinski definition) is 3. The lowest BCUT2D eigenvalue weighted by molar-refractivity contribution is -0.131. The highest BCUT2D eigenvalue weighted by molar-refractivity contribution is 6.02. The predicted molar refractivity (Wildman–Crippen MR) is 112 cm³/mol. The number of carbonyl (C=O) groups is 1. The molecule has 0 spiro atoms. The fourth-order valence-corrected chi connectivity index (χ4v) is 4.31. The first kappa shape index (κ1) is 17.6. The standard InChI is InChI=1S/C24H25NO2/c1-5-8-19-17-9-6-7-10-18(17)22-14-23(27-15(2)26)21-13-16(25(3)4)11-12-20(21)24(19)22/h6-7,9-14,19H,5,8H2,1-4H3. The average molecular weight is 359 g/mol. The number of benzene rings is 3. The molecule has 0 bridgehead atoms. The highest BCUT2D eigenvalue weighted by Gasteiger charge is 2.31. The van der Waals surface area contributed by atoms with Crippen LogP contribution in [0.1, 0.15) is 43.7 Å². The van der Waals surface area contributed by atoms with Crippen molar-refractivity contribution in [3.05, 3.63) is 59.7 Å². The first-order chi connectivity index (χ1) is 13.0. The summed E-state index contributed by atoms with van der Waals surface area (Å²) in [5.74, 6) is 0.745. The molecule has 0 amide bonds. The maximum absolute atomic E-state index is 11.8. The first-order valence-corrected chi connectivity index (χ1v) is 9.57. The number of carbonyl (C=O) groups excluding carboxylic acids is 1. The van der Waals surface area contributed by atoms with Gasteiger partial charge in [0.05, 0.1) is 0 Å². The second-order valence-electron chi connectivity index (χ2n) is 7.48. The molecule has 0 N–H and O–H groups in total. The second-order valence-corrected chi connectivity index (χ2v) is 7.48. The van der Waals surface area contributed by atoms with Gasteiger partial charge in [0.15, 0.2) is 0 Å². The number of esters is 1. The lowest BCUT2D eigenvalue weighted by Gasteiger charge is -2.19. The van der Waals surface area contributed by atoms with Crippen molar-refractivity contribution in [1.82, 2.24) is 0 Å². The Morgan fingerprint density at radius 3 is 2.52 bits per heavy atom. The van der Waals surface area contributed by atoms with Gasteiger partial charge in [-0.1, -0.05) is 43.7 Å². The highest BCUT2D eigenvalue weighted by atomic mass is 16.5. The Kier molecular flexibility index (Phi) is 4.39. The Hall–Kier alpha value is -2.81. The monoisotopic (exact) mass is 359 g/mol. The number of anilines is 1. The second kappa shape index (κ2) is 6.73. The van der Waals surface area contributed by atoms with Crippen LogP contribution in [0.25, 0.3) is 21.9 Å². The van der Waals surface area contributed by atoms with E-state index in [-0.39, 0.29) is 5.97 Å². The molecule has 1 atom stereocenters. The van der Waals surface area contributed by atoms with Crippen LogP contribution >= 0.6 is 0 Å². The minimum absolute atomic E-state index is 0.289. The van der Waals surface area contributed by atoms with Crippen molar-refractivity contribution in [3.8, 4) is 16.9 Å². The molecular formula is C24H25NO2. The molecule has 3 aromatic rings. The maximum atomic E-state index is 11.8.